The first-order valence-corrected chi connectivity index (χ1v) is 14.1. The van der Waals surface area contributed by atoms with Gasteiger partial charge in [0.05, 0.1) is 22.0 Å². The second kappa shape index (κ2) is 12.8. The molecule has 45 heavy (non-hydrogen) atoms. The quantitative estimate of drug-likeness (QED) is 0.192. The van der Waals surface area contributed by atoms with Crippen LogP contribution in [0.15, 0.2) is 82.0 Å². The number of amides is 1. The maximum absolute atomic E-state index is 15.5. The number of fused-ring (bicyclic) bond motifs is 1. The maximum Gasteiger partial charge on any atom is 0.335 e. The van der Waals surface area contributed by atoms with Crippen LogP contribution in [0.3, 0.4) is 0 Å². The van der Waals surface area contributed by atoms with Gasteiger partial charge in [-0.25, -0.2) is 18.1 Å². The minimum atomic E-state index is -0.958. The fraction of sp³-hybridized carbons (Fsp3) is 0.182. The summed E-state index contributed by atoms with van der Waals surface area (Å²) in [6.07, 6.45) is 4.54. The highest BCUT2D eigenvalue weighted by Gasteiger charge is 2.24. The standard InChI is InChI=1S/C33H28ClF2N3O6/c1-18(2)5-11-26(29-19(3)6-12-27-30(29)44-14-13-43-27)45-28-15-23(34)25(16-24(28)36)37-31(40)22-17-38(4)33(42)39(32(22)41)21-9-7-20(35)8-10-21/h5-12,15-17H,13-14H2,1-4H3,(H,37,40)/b26-11+. The number of nitrogens with one attached hydrogen (secondary N) is 1. The minimum absolute atomic E-state index is 0.0612. The normalized spacial score (nSPS) is 12.5. The van der Waals surface area contributed by atoms with Crippen LogP contribution in [0.25, 0.3) is 11.4 Å². The van der Waals surface area contributed by atoms with Crippen LogP contribution in [0, 0.1) is 18.6 Å². The van der Waals surface area contributed by atoms with E-state index in [-0.39, 0.29) is 27.9 Å². The Morgan fingerprint density at radius 2 is 1.73 bits per heavy atom. The third-order valence-corrected chi connectivity index (χ3v) is 7.11. The Morgan fingerprint density at radius 1 is 1.02 bits per heavy atom. The molecule has 0 unspecified atom stereocenters. The number of rotatable bonds is 7. The number of ether oxygens (including phenoxy) is 3. The topological polar surface area (TPSA) is 101 Å². The zero-order valence-corrected chi connectivity index (χ0v) is 25.5. The molecule has 2 heterocycles. The first-order chi connectivity index (χ1) is 21.4. The summed E-state index contributed by atoms with van der Waals surface area (Å²) in [5, 5.41) is 2.34. The molecule has 0 bridgehead atoms. The Bertz CT molecular complexity index is 1990. The minimum Gasteiger partial charge on any atom is -0.486 e. The fourth-order valence-corrected chi connectivity index (χ4v) is 4.79. The van der Waals surface area contributed by atoms with E-state index in [0.29, 0.717) is 30.3 Å². The molecule has 5 rings (SSSR count). The van der Waals surface area contributed by atoms with Crippen LogP contribution in [-0.2, 0) is 7.05 Å². The van der Waals surface area contributed by atoms with E-state index in [9.17, 15) is 18.8 Å². The summed E-state index contributed by atoms with van der Waals surface area (Å²) >= 11 is 6.46. The summed E-state index contributed by atoms with van der Waals surface area (Å²) in [5.41, 5.74) is 0.106. The van der Waals surface area contributed by atoms with Crippen LogP contribution in [0.2, 0.25) is 5.02 Å². The first-order valence-electron chi connectivity index (χ1n) is 13.8. The predicted molar refractivity (Wildman–Crippen MR) is 167 cm³/mol. The van der Waals surface area contributed by atoms with Gasteiger partial charge in [-0.05, 0) is 62.7 Å². The summed E-state index contributed by atoms with van der Waals surface area (Å²) in [7, 11) is 1.35. The van der Waals surface area contributed by atoms with Crippen molar-refractivity contribution in [3.8, 4) is 22.9 Å². The smallest absolute Gasteiger partial charge is 0.335 e. The number of anilines is 1. The van der Waals surface area contributed by atoms with Crippen molar-refractivity contribution in [2.75, 3.05) is 18.5 Å². The van der Waals surface area contributed by atoms with Crippen molar-refractivity contribution in [2.24, 2.45) is 7.05 Å². The second-order valence-electron chi connectivity index (χ2n) is 10.4. The van der Waals surface area contributed by atoms with Gasteiger partial charge in [0.2, 0.25) is 0 Å². The van der Waals surface area contributed by atoms with Gasteiger partial charge in [0.15, 0.2) is 23.1 Å². The molecular formula is C33H28ClF2N3O6. The maximum atomic E-state index is 15.5. The number of hydrogen-bond donors (Lipinski definition) is 1. The van der Waals surface area contributed by atoms with Gasteiger partial charge in [0.1, 0.15) is 30.4 Å². The Labute approximate surface area is 261 Å². The lowest BCUT2D eigenvalue weighted by molar-refractivity contribution is 0.102. The molecule has 232 valence electrons. The molecule has 1 N–H and O–H groups in total. The molecule has 0 radical (unpaired) electrons. The molecule has 0 aliphatic carbocycles. The predicted octanol–water partition coefficient (Wildman–Crippen LogP) is 6.19. The fourth-order valence-electron chi connectivity index (χ4n) is 4.58. The number of aryl methyl sites for hydroxylation is 2. The summed E-state index contributed by atoms with van der Waals surface area (Å²) in [6, 6.07) is 10.4. The molecule has 3 aromatic carbocycles. The van der Waals surface area contributed by atoms with Gasteiger partial charge in [-0.3, -0.25) is 9.59 Å². The largest absolute Gasteiger partial charge is 0.486 e. The molecule has 0 atom stereocenters. The van der Waals surface area contributed by atoms with E-state index in [0.717, 1.165) is 44.7 Å². The average molecular weight is 636 g/mol. The lowest BCUT2D eigenvalue weighted by atomic mass is 10.0. The van der Waals surface area contributed by atoms with Crippen LogP contribution in [0.4, 0.5) is 14.5 Å². The van der Waals surface area contributed by atoms with Crippen molar-refractivity contribution in [1.29, 1.82) is 0 Å². The van der Waals surface area contributed by atoms with E-state index in [1.807, 2.05) is 26.8 Å². The number of benzene rings is 3. The Balaban J connectivity index is 1.48. The van der Waals surface area contributed by atoms with E-state index in [2.05, 4.69) is 5.32 Å². The van der Waals surface area contributed by atoms with Crippen molar-refractivity contribution < 1.29 is 27.8 Å². The molecule has 1 amide bonds. The van der Waals surface area contributed by atoms with E-state index in [4.69, 9.17) is 25.8 Å². The highest BCUT2D eigenvalue weighted by Crippen LogP contribution is 2.41. The molecular weight excluding hydrogens is 608 g/mol. The molecule has 0 saturated heterocycles. The van der Waals surface area contributed by atoms with Gasteiger partial charge in [0.25, 0.3) is 11.5 Å². The zero-order valence-electron chi connectivity index (χ0n) is 24.7. The number of aromatic nitrogens is 2. The summed E-state index contributed by atoms with van der Waals surface area (Å²) < 4.78 is 48.4. The van der Waals surface area contributed by atoms with Gasteiger partial charge in [-0.1, -0.05) is 29.3 Å². The molecule has 12 heteroatoms. The third kappa shape index (κ3) is 6.53. The summed E-state index contributed by atoms with van der Waals surface area (Å²) in [6.45, 7) is 6.38. The number of halogens is 3. The average Bonchev–Trinajstić information content (AvgIpc) is 3.00. The van der Waals surface area contributed by atoms with Crippen LogP contribution >= 0.6 is 11.6 Å². The Kier molecular flexibility index (Phi) is 8.92. The van der Waals surface area contributed by atoms with E-state index in [1.54, 1.807) is 18.2 Å². The van der Waals surface area contributed by atoms with Gasteiger partial charge in [0, 0.05) is 25.4 Å². The van der Waals surface area contributed by atoms with E-state index < -0.39 is 34.4 Å². The Hall–Kier alpha value is -5.16. The van der Waals surface area contributed by atoms with Crippen LogP contribution in [-0.4, -0.2) is 28.3 Å². The van der Waals surface area contributed by atoms with Crippen molar-refractivity contribution in [3.63, 3.8) is 0 Å². The summed E-state index contributed by atoms with van der Waals surface area (Å²) in [4.78, 5) is 39.1. The van der Waals surface area contributed by atoms with Gasteiger partial charge in [-0.2, -0.15) is 0 Å². The molecule has 9 nitrogen and oxygen atoms in total. The molecule has 0 saturated carbocycles. The monoisotopic (exact) mass is 635 g/mol. The SMILES string of the molecule is CC(C)=C/C=C(/Oc1cc(Cl)c(NC(=O)c2cn(C)c(=O)n(-c3ccc(F)cc3)c2=O)cc1F)c1c(C)ccc2c1OCCO2. The van der Waals surface area contributed by atoms with E-state index >= 15 is 4.39 Å². The third-order valence-electron chi connectivity index (χ3n) is 6.80. The lowest BCUT2D eigenvalue weighted by Crippen LogP contribution is -2.41. The van der Waals surface area contributed by atoms with Crippen molar-refractivity contribution in [2.45, 2.75) is 20.8 Å². The number of hydrogen-bond acceptors (Lipinski definition) is 6. The van der Waals surface area contributed by atoms with Crippen molar-refractivity contribution >= 4 is 29.0 Å². The molecule has 1 aliphatic rings. The van der Waals surface area contributed by atoms with Crippen LogP contribution in [0.1, 0.15) is 35.3 Å². The molecule has 0 fully saturated rings. The zero-order chi connectivity index (χ0) is 32.4. The number of allylic oxidation sites excluding steroid dienone is 3. The number of carbonyl (C=O) groups excluding carboxylic acids is 1. The molecule has 1 aliphatic heterocycles. The van der Waals surface area contributed by atoms with Crippen molar-refractivity contribution in [3.05, 3.63) is 127 Å². The summed E-state index contributed by atoms with van der Waals surface area (Å²) in [5.74, 6) is -1.34. The lowest BCUT2D eigenvalue weighted by Gasteiger charge is -2.23. The highest BCUT2D eigenvalue weighted by atomic mass is 35.5. The van der Waals surface area contributed by atoms with E-state index in [1.165, 1.54) is 25.2 Å². The van der Waals surface area contributed by atoms with Gasteiger partial charge < -0.3 is 24.1 Å². The van der Waals surface area contributed by atoms with Crippen molar-refractivity contribution in [1.82, 2.24) is 9.13 Å². The number of carbonyl (C=O) groups is 1. The highest BCUT2D eigenvalue weighted by molar-refractivity contribution is 6.34. The number of nitrogens with zero attached hydrogens (tertiary/aromatic N) is 2. The first kappa shape index (κ1) is 31.3. The molecule has 1 aromatic heterocycles. The second-order valence-corrected chi connectivity index (χ2v) is 10.8. The molecule has 4 aromatic rings. The van der Waals surface area contributed by atoms with Crippen LogP contribution < -0.4 is 30.8 Å². The molecule has 0 spiro atoms. The Morgan fingerprint density at radius 3 is 2.44 bits per heavy atom. The van der Waals surface area contributed by atoms with Gasteiger partial charge >= 0.3 is 5.69 Å². The van der Waals surface area contributed by atoms with Crippen LogP contribution in [0.5, 0.6) is 17.2 Å². The van der Waals surface area contributed by atoms with Gasteiger partial charge in [-0.15, -0.1) is 0 Å².